The van der Waals surface area contributed by atoms with Crippen LogP contribution in [0.15, 0.2) is 29.2 Å². The van der Waals surface area contributed by atoms with E-state index in [2.05, 4.69) is 29.6 Å². The summed E-state index contributed by atoms with van der Waals surface area (Å²) >= 11 is 1.93. The third-order valence-corrected chi connectivity index (χ3v) is 5.54. The van der Waals surface area contributed by atoms with Crippen LogP contribution in [-0.4, -0.2) is 22.9 Å². The first kappa shape index (κ1) is 14.0. The van der Waals surface area contributed by atoms with Crippen molar-refractivity contribution in [2.75, 3.05) is 5.75 Å². The van der Waals surface area contributed by atoms with Crippen molar-refractivity contribution in [3.05, 3.63) is 29.8 Å². The average molecular weight is 291 g/mol. The quantitative estimate of drug-likeness (QED) is 0.895. The Hall–Kier alpha value is -1.00. The number of hydrogen-bond donors (Lipinski definition) is 2. The fraction of sp³-hybridized carbons (Fsp3) is 0.562. The molecule has 0 spiro atoms. The Balaban J connectivity index is 1.68. The number of aliphatic carboxylic acids is 1. The summed E-state index contributed by atoms with van der Waals surface area (Å²) in [7, 11) is 0. The van der Waals surface area contributed by atoms with Crippen molar-refractivity contribution in [3.63, 3.8) is 0 Å². The summed E-state index contributed by atoms with van der Waals surface area (Å²) in [5.41, 5.74) is 1.39. The molecule has 3 unspecified atom stereocenters. The number of nitrogens with one attached hydrogen (secondary N) is 1. The monoisotopic (exact) mass is 291 g/mol. The molecule has 3 rings (SSSR count). The summed E-state index contributed by atoms with van der Waals surface area (Å²) < 4.78 is 0. The van der Waals surface area contributed by atoms with E-state index in [1.807, 2.05) is 11.8 Å². The second-order valence-electron chi connectivity index (χ2n) is 5.79. The number of carboxylic acids is 1. The van der Waals surface area contributed by atoms with Crippen LogP contribution in [0.4, 0.5) is 0 Å². The Morgan fingerprint density at radius 2 is 2.10 bits per heavy atom. The molecule has 3 atom stereocenters. The summed E-state index contributed by atoms with van der Waals surface area (Å²) in [4.78, 5) is 12.5. The SMILES string of the molecule is O=C(O)C1CCCC(NC2CCSc3ccccc32)C1. The fourth-order valence-electron chi connectivity index (χ4n) is 3.37. The smallest absolute Gasteiger partial charge is 0.306 e. The molecule has 3 nitrogen and oxygen atoms in total. The molecule has 1 fully saturated rings. The van der Waals surface area contributed by atoms with E-state index in [1.54, 1.807) is 0 Å². The molecule has 4 heteroatoms. The third-order valence-electron chi connectivity index (χ3n) is 4.42. The normalized spacial score (nSPS) is 29.7. The van der Waals surface area contributed by atoms with Crippen LogP contribution in [-0.2, 0) is 4.79 Å². The molecule has 1 heterocycles. The van der Waals surface area contributed by atoms with E-state index in [9.17, 15) is 9.90 Å². The van der Waals surface area contributed by atoms with Crippen molar-refractivity contribution < 1.29 is 9.90 Å². The summed E-state index contributed by atoms with van der Waals surface area (Å²) in [5.74, 6) is 0.356. The summed E-state index contributed by atoms with van der Waals surface area (Å²) in [6.45, 7) is 0. The molecular formula is C16H21NO2S. The Labute approximate surface area is 124 Å². The zero-order valence-electron chi connectivity index (χ0n) is 11.5. The van der Waals surface area contributed by atoms with Gasteiger partial charge in [-0.15, -0.1) is 11.8 Å². The van der Waals surface area contributed by atoms with Crippen LogP contribution in [0.5, 0.6) is 0 Å². The van der Waals surface area contributed by atoms with Crippen molar-refractivity contribution in [1.29, 1.82) is 0 Å². The zero-order valence-corrected chi connectivity index (χ0v) is 12.4. The fourth-order valence-corrected chi connectivity index (χ4v) is 4.49. The maximum absolute atomic E-state index is 11.2. The van der Waals surface area contributed by atoms with E-state index in [0.717, 1.165) is 37.9 Å². The lowest BCUT2D eigenvalue weighted by Crippen LogP contribution is -2.39. The highest BCUT2D eigenvalue weighted by Gasteiger charge is 2.29. The van der Waals surface area contributed by atoms with Crippen molar-refractivity contribution >= 4 is 17.7 Å². The van der Waals surface area contributed by atoms with Gasteiger partial charge in [-0.25, -0.2) is 0 Å². The Morgan fingerprint density at radius 3 is 2.95 bits per heavy atom. The Kier molecular flexibility index (Phi) is 4.32. The van der Waals surface area contributed by atoms with Gasteiger partial charge in [0.25, 0.3) is 0 Å². The van der Waals surface area contributed by atoms with Crippen LogP contribution in [0.3, 0.4) is 0 Å². The third kappa shape index (κ3) is 3.01. The molecule has 0 saturated heterocycles. The standard InChI is InChI=1S/C16H21NO2S/c18-16(19)11-4-3-5-12(10-11)17-14-8-9-20-15-7-2-1-6-13(14)15/h1-2,6-7,11-12,14,17H,3-5,8-10H2,(H,18,19). The van der Waals surface area contributed by atoms with Gasteiger partial charge in [0.05, 0.1) is 5.92 Å². The van der Waals surface area contributed by atoms with Crippen LogP contribution in [0.2, 0.25) is 0 Å². The predicted molar refractivity (Wildman–Crippen MR) is 81.0 cm³/mol. The lowest BCUT2D eigenvalue weighted by atomic mass is 9.85. The number of carboxylic acid groups (broad SMARTS) is 1. The van der Waals surface area contributed by atoms with Crippen LogP contribution < -0.4 is 5.32 Å². The van der Waals surface area contributed by atoms with Crippen molar-refractivity contribution in [2.45, 2.75) is 49.1 Å². The number of benzene rings is 1. The van der Waals surface area contributed by atoms with E-state index < -0.39 is 5.97 Å². The minimum atomic E-state index is -0.629. The number of hydrogen-bond acceptors (Lipinski definition) is 3. The average Bonchev–Trinajstić information content (AvgIpc) is 2.48. The summed E-state index contributed by atoms with van der Waals surface area (Å²) in [5, 5.41) is 12.9. The van der Waals surface area contributed by atoms with Gasteiger partial charge in [-0.3, -0.25) is 4.79 Å². The highest BCUT2D eigenvalue weighted by atomic mass is 32.2. The van der Waals surface area contributed by atoms with Gasteiger partial charge in [-0.05, 0) is 43.1 Å². The van der Waals surface area contributed by atoms with E-state index >= 15 is 0 Å². The maximum atomic E-state index is 11.2. The largest absolute Gasteiger partial charge is 0.481 e. The minimum Gasteiger partial charge on any atom is -0.481 e. The van der Waals surface area contributed by atoms with E-state index in [-0.39, 0.29) is 5.92 Å². The molecular weight excluding hydrogens is 270 g/mol. The highest BCUT2D eigenvalue weighted by molar-refractivity contribution is 7.99. The van der Waals surface area contributed by atoms with Gasteiger partial charge in [-0.2, -0.15) is 0 Å². The number of rotatable bonds is 3. The highest BCUT2D eigenvalue weighted by Crippen LogP contribution is 2.37. The summed E-state index contributed by atoms with van der Waals surface area (Å²) in [6.07, 6.45) is 4.88. The van der Waals surface area contributed by atoms with Gasteiger partial charge in [0.2, 0.25) is 0 Å². The Bertz CT molecular complexity index is 491. The van der Waals surface area contributed by atoms with E-state index in [1.165, 1.54) is 10.5 Å². The zero-order chi connectivity index (χ0) is 13.9. The lowest BCUT2D eigenvalue weighted by molar-refractivity contribution is -0.143. The number of carbonyl (C=O) groups is 1. The minimum absolute atomic E-state index is 0.158. The first-order chi connectivity index (χ1) is 9.74. The topological polar surface area (TPSA) is 49.3 Å². The summed E-state index contributed by atoms with van der Waals surface area (Å²) in [6, 6.07) is 9.33. The number of fused-ring (bicyclic) bond motifs is 1. The van der Waals surface area contributed by atoms with Crippen LogP contribution >= 0.6 is 11.8 Å². The molecule has 1 aromatic rings. The van der Waals surface area contributed by atoms with Gasteiger partial charge in [0.15, 0.2) is 0 Å². The van der Waals surface area contributed by atoms with Crippen molar-refractivity contribution in [3.8, 4) is 0 Å². The molecule has 1 aliphatic heterocycles. The van der Waals surface area contributed by atoms with Gasteiger partial charge in [0, 0.05) is 17.0 Å². The first-order valence-electron chi connectivity index (χ1n) is 7.44. The van der Waals surface area contributed by atoms with Crippen molar-refractivity contribution in [2.24, 2.45) is 5.92 Å². The second-order valence-corrected chi connectivity index (χ2v) is 6.93. The molecule has 20 heavy (non-hydrogen) atoms. The van der Waals surface area contributed by atoms with Crippen LogP contribution in [0, 0.1) is 5.92 Å². The molecule has 0 radical (unpaired) electrons. The van der Waals surface area contributed by atoms with Crippen LogP contribution in [0.1, 0.15) is 43.7 Å². The van der Waals surface area contributed by atoms with Gasteiger partial charge in [0.1, 0.15) is 0 Å². The van der Waals surface area contributed by atoms with E-state index in [4.69, 9.17) is 0 Å². The lowest BCUT2D eigenvalue weighted by Gasteiger charge is -2.33. The Morgan fingerprint density at radius 1 is 1.25 bits per heavy atom. The van der Waals surface area contributed by atoms with Crippen LogP contribution in [0.25, 0.3) is 0 Å². The number of thioether (sulfide) groups is 1. The molecule has 2 N–H and O–H groups in total. The van der Waals surface area contributed by atoms with E-state index in [0.29, 0.717) is 12.1 Å². The second kappa shape index (κ2) is 6.19. The maximum Gasteiger partial charge on any atom is 0.306 e. The molecule has 1 saturated carbocycles. The molecule has 1 aliphatic carbocycles. The molecule has 1 aromatic carbocycles. The molecule has 108 valence electrons. The molecule has 0 aromatic heterocycles. The first-order valence-corrected chi connectivity index (χ1v) is 8.43. The van der Waals surface area contributed by atoms with Gasteiger partial charge in [-0.1, -0.05) is 24.6 Å². The van der Waals surface area contributed by atoms with Gasteiger partial charge < -0.3 is 10.4 Å². The molecule has 0 amide bonds. The van der Waals surface area contributed by atoms with Gasteiger partial charge >= 0.3 is 5.97 Å². The van der Waals surface area contributed by atoms with Crippen molar-refractivity contribution in [1.82, 2.24) is 5.32 Å². The molecule has 2 aliphatic rings. The predicted octanol–water partition coefficient (Wildman–Crippen LogP) is 3.46. The molecule has 0 bridgehead atoms.